The van der Waals surface area contributed by atoms with E-state index in [0.717, 1.165) is 12.0 Å². The fourth-order valence-electron chi connectivity index (χ4n) is 2.26. The molecule has 0 spiro atoms. The van der Waals surface area contributed by atoms with E-state index in [9.17, 15) is 12.8 Å². The number of sulfonamides is 1. The van der Waals surface area contributed by atoms with Crippen molar-refractivity contribution >= 4 is 26.0 Å². The van der Waals surface area contributed by atoms with Crippen LogP contribution in [0.25, 0.3) is 0 Å². The minimum atomic E-state index is -3.64. The molecule has 2 aromatic rings. The lowest BCUT2D eigenvalue weighted by atomic mass is 10.1. The van der Waals surface area contributed by atoms with Gasteiger partial charge < -0.3 is 0 Å². The van der Waals surface area contributed by atoms with Crippen molar-refractivity contribution in [1.29, 1.82) is 0 Å². The molecule has 0 fully saturated rings. The lowest BCUT2D eigenvalue weighted by Gasteiger charge is -2.15. The van der Waals surface area contributed by atoms with Crippen LogP contribution in [-0.4, -0.2) is 8.42 Å². The van der Waals surface area contributed by atoms with E-state index in [1.165, 1.54) is 17.7 Å². The molecule has 6 heteroatoms. The number of hydrogen-bond donors (Lipinski definition) is 1. The fourth-order valence-corrected chi connectivity index (χ4v) is 4.00. The van der Waals surface area contributed by atoms with Gasteiger partial charge in [-0.15, -0.1) is 0 Å². The van der Waals surface area contributed by atoms with Gasteiger partial charge in [0.2, 0.25) is 10.0 Å². The van der Waals surface area contributed by atoms with Crippen molar-refractivity contribution in [2.75, 3.05) is 0 Å². The first-order valence-corrected chi connectivity index (χ1v) is 9.78. The lowest BCUT2D eigenvalue weighted by molar-refractivity contribution is 0.561. The molecule has 1 atom stereocenters. The average molecular weight is 400 g/mol. The van der Waals surface area contributed by atoms with Crippen molar-refractivity contribution in [3.8, 4) is 0 Å². The van der Waals surface area contributed by atoms with Gasteiger partial charge in [0.25, 0.3) is 0 Å². The molecule has 0 saturated heterocycles. The zero-order chi connectivity index (χ0) is 17.0. The molecule has 2 rings (SSSR count). The summed E-state index contributed by atoms with van der Waals surface area (Å²) < 4.78 is 41.5. The van der Waals surface area contributed by atoms with E-state index < -0.39 is 15.8 Å². The maximum Gasteiger partial charge on any atom is 0.216 e. The topological polar surface area (TPSA) is 46.2 Å². The molecule has 0 amide bonds. The van der Waals surface area contributed by atoms with Crippen LogP contribution in [0.1, 0.15) is 36.6 Å². The summed E-state index contributed by atoms with van der Waals surface area (Å²) in [7, 11) is -3.64. The third-order valence-electron chi connectivity index (χ3n) is 3.60. The molecule has 1 N–H and O–H groups in total. The molecule has 0 radical (unpaired) electrons. The monoisotopic (exact) mass is 399 g/mol. The second-order valence-electron chi connectivity index (χ2n) is 5.43. The van der Waals surface area contributed by atoms with Crippen LogP contribution < -0.4 is 4.72 Å². The summed E-state index contributed by atoms with van der Waals surface area (Å²) >= 11 is 3.15. The predicted octanol–water partition coefficient (Wildman–Crippen LogP) is 4.33. The summed E-state index contributed by atoms with van der Waals surface area (Å²) in [6.07, 6.45) is 0.934. The number of benzene rings is 2. The number of rotatable bonds is 6. The second-order valence-corrected chi connectivity index (χ2v) is 8.10. The van der Waals surface area contributed by atoms with Crippen molar-refractivity contribution in [3.63, 3.8) is 0 Å². The smallest absolute Gasteiger partial charge is 0.212 e. The quantitative estimate of drug-likeness (QED) is 0.785. The molecule has 1 unspecified atom stereocenters. The largest absolute Gasteiger partial charge is 0.216 e. The molecular formula is C17H19BrFNO2S. The van der Waals surface area contributed by atoms with Gasteiger partial charge in [-0.25, -0.2) is 17.5 Å². The van der Waals surface area contributed by atoms with E-state index in [1.54, 1.807) is 13.0 Å². The van der Waals surface area contributed by atoms with E-state index in [4.69, 9.17) is 0 Å². The van der Waals surface area contributed by atoms with Crippen LogP contribution in [-0.2, 0) is 22.2 Å². The van der Waals surface area contributed by atoms with Crippen LogP contribution in [0.3, 0.4) is 0 Å². The fraction of sp³-hybridized carbons (Fsp3) is 0.294. The maximum atomic E-state index is 13.8. The van der Waals surface area contributed by atoms with E-state index in [1.807, 2.05) is 24.3 Å². The van der Waals surface area contributed by atoms with Gasteiger partial charge in [0.15, 0.2) is 0 Å². The minimum Gasteiger partial charge on any atom is -0.212 e. The van der Waals surface area contributed by atoms with Gasteiger partial charge in [0.05, 0.1) is 5.75 Å². The number of nitrogens with one attached hydrogen (secondary N) is 1. The van der Waals surface area contributed by atoms with Crippen LogP contribution in [0, 0.1) is 5.82 Å². The highest BCUT2D eigenvalue weighted by molar-refractivity contribution is 9.10. The van der Waals surface area contributed by atoms with E-state index in [2.05, 4.69) is 27.6 Å². The van der Waals surface area contributed by atoms with Gasteiger partial charge >= 0.3 is 0 Å². The van der Waals surface area contributed by atoms with Crippen LogP contribution in [0.5, 0.6) is 0 Å². The summed E-state index contributed by atoms with van der Waals surface area (Å²) in [4.78, 5) is 0. The van der Waals surface area contributed by atoms with Crippen molar-refractivity contribution in [1.82, 2.24) is 4.72 Å². The van der Waals surface area contributed by atoms with Gasteiger partial charge in [0.1, 0.15) is 5.82 Å². The number of halogens is 2. The molecule has 2 aromatic carbocycles. The Morgan fingerprint density at radius 2 is 1.83 bits per heavy atom. The third kappa shape index (κ3) is 5.12. The Bertz CT molecular complexity index is 776. The van der Waals surface area contributed by atoms with Crippen LogP contribution in [0.2, 0.25) is 0 Å². The molecule has 0 aliphatic heterocycles. The Labute approximate surface area is 145 Å². The summed E-state index contributed by atoms with van der Waals surface area (Å²) in [5, 5.41) is 0. The number of aryl methyl sites for hydroxylation is 1. The Morgan fingerprint density at radius 3 is 2.39 bits per heavy atom. The summed E-state index contributed by atoms with van der Waals surface area (Å²) in [5.41, 5.74) is 2.22. The Morgan fingerprint density at radius 1 is 1.17 bits per heavy atom. The molecule has 124 valence electrons. The molecule has 0 bridgehead atoms. The zero-order valence-corrected chi connectivity index (χ0v) is 15.4. The van der Waals surface area contributed by atoms with E-state index in [-0.39, 0.29) is 17.4 Å². The summed E-state index contributed by atoms with van der Waals surface area (Å²) in [5.74, 6) is -0.923. The molecule has 0 aromatic heterocycles. The second kappa shape index (κ2) is 7.55. The molecule has 0 aliphatic carbocycles. The first kappa shape index (κ1) is 18.1. The van der Waals surface area contributed by atoms with Crippen molar-refractivity contribution in [2.24, 2.45) is 0 Å². The molecule has 0 aliphatic rings. The molecular weight excluding hydrogens is 381 g/mol. The SMILES string of the molecule is CCc1ccc(C(C)NS(=O)(=O)Cc2ccc(Br)cc2F)cc1. The van der Waals surface area contributed by atoms with Gasteiger partial charge in [-0.2, -0.15) is 0 Å². The highest BCUT2D eigenvalue weighted by atomic mass is 79.9. The summed E-state index contributed by atoms with van der Waals surface area (Å²) in [6, 6.07) is 11.8. The molecule has 3 nitrogen and oxygen atoms in total. The Balaban J connectivity index is 2.10. The van der Waals surface area contributed by atoms with Gasteiger partial charge in [-0.1, -0.05) is 53.2 Å². The zero-order valence-electron chi connectivity index (χ0n) is 13.0. The van der Waals surface area contributed by atoms with Gasteiger partial charge in [-0.05, 0) is 36.6 Å². The first-order valence-electron chi connectivity index (χ1n) is 7.33. The van der Waals surface area contributed by atoms with Crippen LogP contribution in [0.15, 0.2) is 46.9 Å². The lowest BCUT2D eigenvalue weighted by Crippen LogP contribution is -2.28. The molecule has 0 saturated carbocycles. The average Bonchev–Trinajstić information content (AvgIpc) is 2.49. The highest BCUT2D eigenvalue weighted by Crippen LogP contribution is 2.19. The van der Waals surface area contributed by atoms with Gasteiger partial charge in [0, 0.05) is 16.1 Å². The summed E-state index contributed by atoms with van der Waals surface area (Å²) in [6.45, 7) is 3.84. The minimum absolute atomic E-state index is 0.147. The normalized spacial score (nSPS) is 13.0. The molecule has 23 heavy (non-hydrogen) atoms. The Kier molecular flexibility index (Phi) is 5.95. The van der Waals surface area contributed by atoms with Crippen molar-refractivity contribution in [3.05, 3.63) is 69.4 Å². The van der Waals surface area contributed by atoms with E-state index >= 15 is 0 Å². The van der Waals surface area contributed by atoms with Crippen LogP contribution in [0.4, 0.5) is 4.39 Å². The standard InChI is InChI=1S/C17H19BrFNO2S/c1-3-13-4-6-14(7-5-13)12(2)20-23(21,22)11-15-8-9-16(18)10-17(15)19/h4-10,12,20H,3,11H2,1-2H3. The highest BCUT2D eigenvalue weighted by Gasteiger charge is 2.18. The van der Waals surface area contributed by atoms with Crippen molar-refractivity contribution in [2.45, 2.75) is 32.1 Å². The molecule has 0 heterocycles. The van der Waals surface area contributed by atoms with Crippen molar-refractivity contribution < 1.29 is 12.8 Å². The van der Waals surface area contributed by atoms with Gasteiger partial charge in [-0.3, -0.25) is 0 Å². The maximum absolute atomic E-state index is 13.8. The predicted molar refractivity (Wildman–Crippen MR) is 94.1 cm³/mol. The third-order valence-corrected chi connectivity index (χ3v) is 5.50. The Hall–Kier alpha value is -1.24. The first-order chi connectivity index (χ1) is 10.8. The number of hydrogen-bond acceptors (Lipinski definition) is 2. The van der Waals surface area contributed by atoms with Crippen LogP contribution >= 0.6 is 15.9 Å². The van der Waals surface area contributed by atoms with E-state index in [0.29, 0.717) is 4.47 Å².